The second-order valence-electron chi connectivity index (χ2n) is 4.55. The average molecular weight is 267 g/mol. The van der Waals surface area contributed by atoms with Crippen molar-refractivity contribution in [2.45, 2.75) is 32.4 Å². The highest BCUT2D eigenvalue weighted by atomic mass is 16.5. The molecule has 6 heteroatoms. The largest absolute Gasteiger partial charge is 0.479 e. The van der Waals surface area contributed by atoms with Crippen LogP contribution in [0.25, 0.3) is 0 Å². The van der Waals surface area contributed by atoms with Gasteiger partial charge in [-0.15, -0.1) is 0 Å². The number of carbonyl (C=O) groups excluding carboxylic acids is 1. The molecule has 2 rings (SSSR count). The van der Waals surface area contributed by atoms with Gasteiger partial charge in [-0.05, 0) is 25.5 Å². The van der Waals surface area contributed by atoms with E-state index in [4.69, 9.17) is 9.15 Å². The van der Waals surface area contributed by atoms with E-state index in [0.717, 1.165) is 6.42 Å². The third-order valence-corrected chi connectivity index (χ3v) is 3.09. The van der Waals surface area contributed by atoms with Crippen LogP contribution in [0.4, 0.5) is 0 Å². The Morgan fingerprint density at radius 1 is 1.53 bits per heavy atom. The van der Waals surface area contributed by atoms with E-state index in [9.17, 15) is 14.7 Å². The lowest BCUT2D eigenvalue weighted by Crippen LogP contribution is -2.51. The zero-order valence-corrected chi connectivity index (χ0v) is 11.0. The van der Waals surface area contributed by atoms with Crippen LogP contribution in [0.5, 0.6) is 0 Å². The number of carboxylic acids is 1. The summed E-state index contributed by atoms with van der Waals surface area (Å²) in [6.45, 7) is 3.99. The molecule has 0 bridgehead atoms. The van der Waals surface area contributed by atoms with Crippen LogP contribution < -0.4 is 0 Å². The normalized spacial score (nSPS) is 23.7. The van der Waals surface area contributed by atoms with Crippen LogP contribution in [0.3, 0.4) is 0 Å². The van der Waals surface area contributed by atoms with Gasteiger partial charge in [0.05, 0.1) is 0 Å². The number of nitrogens with zero attached hydrogens (tertiary/aromatic N) is 1. The highest BCUT2D eigenvalue weighted by molar-refractivity contribution is 5.82. The van der Waals surface area contributed by atoms with Crippen molar-refractivity contribution in [2.24, 2.45) is 0 Å². The van der Waals surface area contributed by atoms with Crippen LogP contribution in [0.1, 0.15) is 30.9 Å². The van der Waals surface area contributed by atoms with Crippen LogP contribution in [0, 0.1) is 6.92 Å². The molecule has 1 aliphatic heterocycles. The molecule has 2 atom stereocenters. The maximum absolute atomic E-state index is 11.9. The molecule has 1 aromatic heterocycles. The number of amides is 1. The van der Waals surface area contributed by atoms with Crippen molar-refractivity contribution in [1.82, 2.24) is 4.90 Å². The molecule has 19 heavy (non-hydrogen) atoms. The zero-order chi connectivity index (χ0) is 14.0. The summed E-state index contributed by atoms with van der Waals surface area (Å²) in [7, 11) is 0. The zero-order valence-electron chi connectivity index (χ0n) is 11.0. The summed E-state index contributed by atoms with van der Waals surface area (Å²) in [6.07, 6.45) is -0.344. The fraction of sp³-hybridized carbons (Fsp3) is 0.538. The first-order valence-electron chi connectivity index (χ1n) is 6.24. The summed E-state index contributed by atoms with van der Waals surface area (Å²) in [4.78, 5) is 24.7. The Balaban J connectivity index is 2.37. The summed E-state index contributed by atoms with van der Waals surface area (Å²) in [5.41, 5.74) is 0. The van der Waals surface area contributed by atoms with E-state index < -0.39 is 18.1 Å². The standard InChI is InChI=1S/C13H17NO5/c1-3-6-14-10(15)7-18-12(13(16)17)11(14)9-5-4-8(2)19-9/h4-5,11-12H,3,6-7H2,1-2H3,(H,16,17). The van der Waals surface area contributed by atoms with Gasteiger partial charge in [0.2, 0.25) is 5.91 Å². The molecule has 6 nitrogen and oxygen atoms in total. The Hall–Kier alpha value is -1.82. The van der Waals surface area contributed by atoms with Gasteiger partial charge >= 0.3 is 5.97 Å². The molecule has 1 aliphatic rings. The number of rotatable bonds is 4. The predicted octanol–water partition coefficient (Wildman–Crippen LogP) is 1.35. The first-order valence-corrected chi connectivity index (χ1v) is 6.24. The summed E-state index contributed by atoms with van der Waals surface area (Å²) in [5, 5.41) is 9.24. The molecule has 0 radical (unpaired) electrons. The second kappa shape index (κ2) is 5.44. The van der Waals surface area contributed by atoms with Gasteiger partial charge in [0.25, 0.3) is 0 Å². The van der Waals surface area contributed by atoms with Gasteiger partial charge in [-0.3, -0.25) is 4.79 Å². The third kappa shape index (κ3) is 2.63. The average Bonchev–Trinajstić information content (AvgIpc) is 2.78. The van der Waals surface area contributed by atoms with Gasteiger partial charge in [-0.2, -0.15) is 0 Å². The maximum atomic E-state index is 11.9. The lowest BCUT2D eigenvalue weighted by Gasteiger charge is -2.37. The van der Waals surface area contributed by atoms with E-state index >= 15 is 0 Å². The smallest absolute Gasteiger partial charge is 0.335 e. The van der Waals surface area contributed by atoms with Crippen molar-refractivity contribution in [3.05, 3.63) is 23.7 Å². The van der Waals surface area contributed by atoms with Crippen molar-refractivity contribution in [2.75, 3.05) is 13.2 Å². The van der Waals surface area contributed by atoms with Crippen LogP contribution in [-0.2, 0) is 14.3 Å². The minimum absolute atomic E-state index is 0.201. The second-order valence-corrected chi connectivity index (χ2v) is 4.55. The molecule has 0 spiro atoms. The predicted molar refractivity (Wildman–Crippen MR) is 65.6 cm³/mol. The van der Waals surface area contributed by atoms with E-state index in [1.54, 1.807) is 19.1 Å². The molecule has 2 heterocycles. The quantitative estimate of drug-likeness (QED) is 0.890. The summed E-state index contributed by atoms with van der Waals surface area (Å²) >= 11 is 0. The van der Waals surface area contributed by atoms with E-state index in [1.807, 2.05) is 6.92 Å². The number of hydrogen-bond acceptors (Lipinski definition) is 4. The van der Waals surface area contributed by atoms with E-state index in [1.165, 1.54) is 4.90 Å². The molecular formula is C13H17NO5. The first-order chi connectivity index (χ1) is 9.04. The summed E-state index contributed by atoms with van der Waals surface area (Å²) < 4.78 is 10.6. The molecule has 1 saturated heterocycles. The number of carbonyl (C=O) groups is 2. The molecule has 1 fully saturated rings. The Labute approximate surface area is 110 Å². The third-order valence-electron chi connectivity index (χ3n) is 3.09. The van der Waals surface area contributed by atoms with Crippen LogP contribution in [-0.4, -0.2) is 41.1 Å². The number of ether oxygens (including phenoxy) is 1. The monoisotopic (exact) mass is 267 g/mol. The van der Waals surface area contributed by atoms with Gasteiger partial charge in [0.1, 0.15) is 24.2 Å². The van der Waals surface area contributed by atoms with Crippen LogP contribution in [0.15, 0.2) is 16.5 Å². The number of hydrogen-bond donors (Lipinski definition) is 1. The van der Waals surface area contributed by atoms with Gasteiger partial charge in [-0.25, -0.2) is 4.79 Å². The molecular weight excluding hydrogens is 250 g/mol. The fourth-order valence-electron chi connectivity index (χ4n) is 2.28. The topological polar surface area (TPSA) is 80.0 Å². The minimum Gasteiger partial charge on any atom is -0.479 e. The highest BCUT2D eigenvalue weighted by Gasteiger charge is 2.43. The van der Waals surface area contributed by atoms with Gasteiger partial charge in [0, 0.05) is 6.54 Å². The molecule has 0 saturated carbocycles. The Kier molecular flexibility index (Phi) is 3.90. The van der Waals surface area contributed by atoms with Gasteiger partial charge < -0.3 is 19.2 Å². The SMILES string of the molecule is CCCN1C(=O)COC(C(=O)O)C1c1ccc(C)o1. The Bertz CT molecular complexity index is 481. The molecule has 104 valence electrons. The number of furan rings is 1. The molecule has 0 aromatic carbocycles. The lowest BCUT2D eigenvalue weighted by atomic mass is 10.0. The van der Waals surface area contributed by atoms with Crippen LogP contribution >= 0.6 is 0 Å². The molecule has 1 aromatic rings. The van der Waals surface area contributed by atoms with Gasteiger partial charge in [0.15, 0.2) is 6.10 Å². The molecule has 2 unspecified atom stereocenters. The molecule has 1 N–H and O–H groups in total. The number of aryl methyl sites for hydroxylation is 1. The number of carboxylic acid groups (broad SMARTS) is 1. The number of aliphatic carboxylic acids is 1. The number of morpholine rings is 1. The van der Waals surface area contributed by atoms with Crippen molar-refractivity contribution < 1.29 is 23.8 Å². The highest BCUT2D eigenvalue weighted by Crippen LogP contribution is 2.31. The first kappa shape index (κ1) is 13.6. The molecule has 0 aliphatic carbocycles. The summed E-state index contributed by atoms with van der Waals surface area (Å²) in [5.74, 6) is -0.175. The van der Waals surface area contributed by atoms with Crippen molar-refractivity contribution in [3.63, 3.8) is 0 Å². The molecule has 1 amide bonds. The Morgan fingerprint density at radius 3 is 2.79 bits per heavy atom. The summed E-state index contributed by atoms with van der Waals surface area (Å²) in [6, 6.07) is 2.74. The van der Waals surface area contributed by atoms with E-state index in [-0.39, 0.29) is 12.5 Å². The lowest BCUT2D eigenvalue weighted by molar-refractivity contribution is -0.174. The maximum Gasteiger partial charge on any atom is 0.335 e. The Morgan fingerprint density at radius 2 is 2.26 bits per heavy atom. The van der Waals surface area contributed by atoms with E-state index in [0.29, 0.717) is 18.1 Å². The fourth-order valence-corrected chi connectivity index (χ4v) is 2.28. The van der Waals surface area contributed by atoms with Crippen LogP contribution in [0.2, 0.25) is 0 Å². The van der Waals surface area contributed by atoms with Crippen molar-refractivity contribution in [3.8, 4) is 0 Å². The van der Waals surface area contributed by atoms with E-state index in [2.05, 4.69) is 0 Å². The van der Waals surface area contributed by atoms with Gasteiger partial charge in [-0.1, -0.05) is 6.92 Å². The van der Waals surface area contributed by atoms with Crippen molar-refractivity contribution >= 4 is 11.9 Å². The van der Waals surface area contributed by atoms with Crippen molar-refractivity contribution in [1.29, 1.82) is 0 Å². The minimum atomic E-state index is -1.09.